The number of rotatable bonds is 14. The van der Waals surface area contributed by atoms with Crippen molar-refractivity contribution in [3.8, 4) is 20.9 Å². The Balaban J connectivity index is 1.02. The number of hydrogen-bond acceptors (Lipinski definition) is 9. The highest BCUT2D eigenvalue weighted by molar-refractivity contribution is 7.53. The average molecular weight is 737 g/mol. The molecule has 6 N–H and O–H groups in total. The Kier molecular flexibility index (Phi) is 11.5. The predicted octanol–water partition coefficient (Wildman–Crippen LogP) is 10.1. The summed E-state index contributed by atoms with van der Waals surface area (Å²) in [6, 6.07) is 32.9. The van der Waals surface area contributed by atoms with Crippen molar-refractivity contribution in [2.24, 2.45) is 0 Å². The van der Waals surface area contributed by atoms with E-state index in [1.54, 1.807) is 83.3 Å². The highest BCUT2D eigenvalue weighted by Gasteiger charge is 2.24. The summed E-state index contributed by atoms with van der Waals surface area (Å²) in [5.74, 6) is -0.595. The molecule has 2 heterocycles. The van der Waals surface area contributed by atoms with Crippen LogP contribution in [0.1, 0.15) is 45.2 Å². The fourth-order valence-electron chi connectivity index (χ4n) is 5.20. The first-order valence-corrected chi connectivity index (χ1v) is 19.7. The number of nitrogens with one attached hydrogen (secondary N) is 2. The molecular formula is C39H37N4O5PS2. The van der Waals surface area contributed by atoms with Gasteiger partial charge in [0.2, 0.25) is 0 Å². The van der Waals surface area contributed by atoms with Crippen LogP contribution in [0.3, 0.4) is 0 Å². The first kappa shape index (κ1) is 35.8. The molecule has 0 aliphatic carbocycles. The van der Waals surface area contributed by atoms with Crippen molar-refractivity contribution in [1.82, 2.24) is 0 Å². The van der Waals surface area contributed by atoms with E-state index < -0.39 is 7.60 Å². The Morgan fingerprint density at radius 3 is 1.45 bits per heavy atom. The second kappa shape index (κ2) is 16.3. The quantitative estimate of drug-likeness (QED) is 0.0643. The van der Waals surface area contributed by atoms with Crippen molar-refractivity contribution < 1.29 is 23.2 Å². The summed E-state index contributed by atoms with van der Waals surface area (Å²) in [5.41, 5.74) is 18.6. The molecule has 0 saturated heterocycles. The molecule has 0 atom stereocenters. The molecule has 2 aromatic heterocycles. The first-order valence-electron chi connectivity index (χ1n) is 16.3. The van der Waals surface area contributed by atoms with Crippen molar-refractivity contribution in [1.29, 1.82) is 0 Å². The molecule has 12 heteroatoms. The van der Waals surface area contributed by atoms with Gasteiger partial charge in [-0.2, -0.15) is 0 Å². The Morgan fingerprint density at radius 1 is 0.647 bits per heavy atom. The molecule has 4 aromatic carbocycles. The van der Waals surface area contributed by atoms with Crippen molar-refractivity contribution >= 4 is 64.8 Å². The molecule has 0 aliphatic heterocycles. The van der Waals surface area contributed by atoms with Crippen LogP contribution < -0.4 is 22.1 Å². The van der Waals surface area contributed by atoms with Gasteiger partial charge in [-0.3, -0.25) is 14.2 Å². The monoisotopic (exact) mass is 736 g/mol. The van der Waals surface area contributed by atoms with Gasteiger partial charge in [-0.15, -0.1) is 22.7 Å². The third-order valence-corrected chi connectivity index (χ3v) is 11.9. The maximum absolute atomic E-state index is 13.6. The first-order chi connectivity index (χ1) is 24.7. The summed E-state index contributed by atoms with van der Waals surface area (Å²) in [6.45, 7) is 2.00. The van der Waals surface area contributed by atoms with Gasteiger partial charge in [0.1, 0.15) is 0 Å². The summed E-state index contributed by atoms with van der Waals surface area (Å²) in [4.78, 5) is 28.2. The SMILES string of the molecule is CCCP(=O)(OCc1ccc(C(=O)Nc2cc(-c3cccs3)ccc2N)cc1)OCc1ccc(C(=O)Nc2cc(-c3cccs3)ccc2N)cc1. The van der Waals surface area contributed by atoms with Gasteiger partial charge in [-0.25, -0.2) is 0 Å². The topological polar surface area (TPSA) is 146 Å². The largest absolute Gasteiger partial charge is 0.397 e. The number of hydrogen-bond donors (Lipinski definition) is 4. The molecule has 51 heavy (non-hydrogen) atoms. The van der Waals surface area contributed by atoms with Gasteiger partial charge in [0.05, 0.1) is 36.0 Å². The molecule has 6 aromatic rings. The van der Waals surface area contributed by atoms with Crippen LogP contribution in [0.15, 0.2) is 120 Å². The molecule has 6 rings (SSSR count). The third kappa shape index (κ3) is 9.21. The lowest BCUT2D eigenvalue weighted by molar-refractivity contribution is 0.101. The lowest BCUT2D eigenvalue weighted by Crippen LogP contribution is -2.13. The van der Waals surface area contributed by atoms with E-state index in [0.29, 0.717) is 40.3 Å². The summed E-state index contributed by atoms with van der Waals surface area (Å²) in [6.07, 6.45) is 0.842. The molecule has 0 fully saturated rings. The van der Waals surface area contributed by atoms with Crippen LogP contribution in [-0.2, 0) is 26.8 Å². The molecule has 0 aliphatic rings. The predicted molar refractivity (Wildman–Crippen MR) is 209 cm³/mol. The molecule has 0 saturated carbocycles. The van der Waals surface area contributed by atoms with Crippen LogP contribution in [0, 0.1) is 0 Å². The van der Waals surface area contributed by atoms with Crippen LogP contribution in [0.4, 0.5) is 22.7 Å². The summed E-state index contributed by atoms with van der Waals surface area (Å²) in [7, 11) is -3.45. The van der Waals surface area contributed by atoms with Crippen LogP contribution in [-0.4, -0.2) is 18.0 Å². The van der Waals surface area contributed by atoms with E-state index in [-0.39, 0.29) is 31.2 Å². The maximum Gasteiger partial charge on any atom is 0.331 e. The lowest BCUT2D eigenvalue weighted by Gasteiger charge is -2.18. The minimum absolute atomic E-state index is 0.0465. The summed E-state index contributed by atoms with van der Waals surface area (Å²) < 4.78 is 25.3. The fourth-order valence-corrected chi connectivity index (χ4v) is 8.22. The van der Waals surface area contributed by atoms with Gasteiger partial charge in [-0.1, -0.05) is 55.5 Å². The zero-order valence-electron chi connectivity index (χ0n) is 27.8. The van der Waals surface area contributed by atoms with Crippen molar-refractivity contribution in [2.75, 3.05) is 28.3 Å². The minimum atomic E-state index is -3.45. The summed E-state index contributed by atoms with van der Waals surface area (Å²) >= 11 is 3.22. The van der Waals surface area contributed by atoms with Crippen LogP contribution in [0.5, 0.6) is 0 Å². The van der Waals surface area contributed by atoms with E-state index in [0.717, 1.165) is 32.0 Å². The van der Waals surface area contributed by atoms with Crippen molar-refractivity contribution in [2.45, 2.75) is 26.6 Å². The Morgan fingerprint density at radius 2 is 1.08 bits per heavy atom. The van der Waals surface area contributed by atoms with Gasteiger partial charge >= 0.3 is 7.60 Å². The molecule has 0 unspecified atom stereocenters. The molecular weight excluding hydrogens is 700 g/mol. The number of thiophene rings is 2. The van der Waals surface area contributed by atoms with Gasteiger partial charge in [0.25, 0.3) is 11.8 Å². The molecule has 2 amide bonds. The lowest BCUT2D eigenvalue weighted by atomic mass is 10.1. The van der Waals surface area contributed by atoms with E-state index in [9.17, 15) is 14.2 Å². The number of nitrogen functional groups attached to an aromatic ring is 2. The standard InChI is InChI=1S/C39H37N4O5PS2/c1-2-19-49(46,47-24-26-7-11-28(12-8-26)38(44)42-34-22-30(15-17-32(34)40)36-5-3-20-50-36)48-25-27-9-13-29(14-10-27)39(45)43-35-23-31(16-18-33(35)41)37-6-4-21-51-37/h3-18,20-23H,2,19,24-25,40-41H2,1H3,(H,42,44)(H,43,45). The molecule has 0 radical (unpaired) electrons. The normalized spacial score (nSPS) is 11.3. The Hall–Kier alpha value is -5.03. The minimum Gasteiger partial charge on any atom is -0.397 e. The van der Waals surface area contributed by atoms with E-state index in [4.69, 9.17) is 20.5 Å². The zero-order valence-corrected chi connectivity index (χ0v) is 30.4. The van der Waals surface area contributed by atoms with Crippen LogP contribution >= 0.6 is 30.3 Å². The van der Waals surface area contributed by atoms with Gasteiger partial charge in [0.15, 0.2) is 0 Å². The highest BCUT2D eigenvalue weighted by atomic mass is 32.1. The molecule has 260 valence electrons. The van der Waals surface area contributed by atoms with Gasteiger partial charge in [-0.05, 0) is 100 Å². The number of anilines is 4. The van der Waals surface area contributed by atoms with E-state index in [1.165, 1.54) is 0 Å². The average Bonchev–Trinajstić information content (AvgIpc) is 3.89. The number of carbonyl (C=O) groups excluding carboxylic acids is 2. The van der Waals surface area contributed by atoms with E-state index >= 15 is 0 Å². The second-order valence-corrected chi connectivity index (χ2v) is 15.8. The third-order valence-electron chi connectivity index (χ3n) is 8.00. The molecule has 9 nitrogen and oxygen atoms in total. The Labute approximate surface area is 304 Å². The van der Waals surface area contributed by atoms with E-state index in [2.05, 4.69) is 10.6 Å². The smallest absolute Gasteiger partial charge is 0.331 e. The highest BCUT2D eigenvalue weighted by Crippen LogP contribution is 2.50. The Bertz CT molecular complexity index is 2000. The second-order valence-electron chi connectivity index (χ2n) is 11.7. The zero-order chi connectivity index (χ0) is 35.8. The van der Waals surface area contributed by atoms with E-state index in [1.807, 2.05) is 66.2 Å². The molecule has 0 spiro atoms. The molecule has 0 bridgehead atoms. The van der Waals surface area contributed by atoms with Crippen LogP contribution in [0.25, 0.3) is 20.9 Å². The van der Waals surface area contributed by atoms with Gasteiger partial charge in [0, 0.05) is 27.0 Å². The van der Waals surface area contributed by atoms with Gasteiger partial charge < -0.3 is 31.1 Å². The number of benzene rings is 4. The van der Waals surface area contributed by atoms with Crippen LogP contribution in [0.2, 0.25) is 0 Å². The fraction of sp³-hybridized carbons (Fsp3) is 0.128. The number of amides is 2. The van der Waals surface area contributed by atoms with Crippen molar-refractivity contribution in [3.63, 3.8) is 0 Å². The van der Waals surface area contributed by atoms with Crippen molar-refractivity contribution in [3.05, 3.63) is 142 Å². The number of nitrogens with two attached hydrogens (primary N) is 2. The number of carbonyl (C=O) groups is 2. The maximum atomic E-state index is 13.6. The summed E-state index contributed by atoms with van der Waals surface area (Å²) in [5, 5.41) is 9.79.